The Kier molecular flexibility index (Phi) is 6.20. The number of carbonyl (C=O) groups excluding carboxylic acids is 1. The van der Waals surface area contributed by atoms with Crippen molar-refractivity contribution in [1.82, 2.24) is 4.90 Å². The lowest BCUT2D eigenvalue weighted by atomic mass is 9.93. The van der Waals surface area contributed by atoms with Crippen LogP contribution in [0.3, 0.4) is 0 Å². The van der Waals surface area contributed by atoms with Crippen molar-refractivity contribution in [2.75, 3.05) is 6.54 Å². The number of carbonyl (C=O) groups is 2. The summed E-state index contributed by atoms with van der Waals surface area (Å²) in [7, 11) is 0. The summed E-state index contributed by atoms with van der Waals surface area (Å²) in [6, 6.07) is 5.25. The van der Waals surface area contributed by atoms with E-state index in [0.717, 1.165) is 36.9 Å². The standard InChI is InChI=1S/C19H27NO3/c1-3-5-6-14(4-2)11-18(21)20-10-9-15-7-8-16(19(22)23)12-17(15)13-20/h7-8,12,14H,3-6,9-11,13H2,1-2H3,(H,22,23). The van der Waals surface area contributed by atoms with Gasteiger partial charge in [-0.25, -0.2) is 4.79 Å². The lowest BCUT2D eigenvalue weighted by Crippen LogP contribution is -2.37. The second kappa shape index (κ2) is 8.14. The van der Waals surface area contributed by atoms with E-state index in [-0.39, 0.29) is 5.91 Å². The molecule has 1 atom stereocenters. The summed E-state index contributed by atoms with van der Waals surface area (Å²) in [6.45, 7) is 5.61. The number of nitrogens with zero attached hydrogens (tertiary/aromatic N) is 1. The molecule has 2 rings (SSSR count). The second-order valence-electron chi connectivity index (χ2n) is 6.47. The van der Waals surface area contributed by atoms with Gasteiger partial charge in [-0.3, -0.25) is 4.79 Å². The molecule has 126 valence electrons. The number of aromatic carboxylic acids is 1. The summed E-state index contributed by atoms with van der Waals surface area (Å²) >= 11 is 0. The van der Waals surface area contributed by atoms with Crippen molar-refractivity contribution < 1.29 is 14.7 Å². The summed E-state index contributed by atoms with van der Waals surface area (Å²) in [5.74, 6) is -0.240. The van der Waals surface area contributed by atoms with E-state index >= 15 is 0 Å². The molecule has 0 fully saturated rings. The van der Waals surface area contributed by atoms with E-state index in [1.807, 2.05) is 11.0 Å². The van der Waals surface area contributed by atoms with Crippen molar-refractivity contribution in [3.05, 3.63) is 34.9 Å². The van der Waals surface area contributed by atoms with Crippen LogP contribution in [0, 0.1) is 5.92 Å². The first-order valence-electron chi connectivity index (χ1n) is 8.68. The number of fused-ring (bicyclic) bond motifs is 1. The quantitative estimate of drug-likeness (QED) is 0.830. The Morgan fingerprint density at radius 3 is 2.70 bits per heavy atom. The van der Waals surface area contributed by atoms with Gasteiger partial charge in [-0.1, -0.05) is 39.2 Å². The molecular formula is C19H27NO3. The highest BCUT2D eigenvalue weighted by Crippen LogP contribution is 2.23. The van der Waals surface area contributed by atoms with E-state index < -0.39 is 5.97 Å². The fourth-order valence-corrected chi connectivity index (χ4v) is 3.22. The summed E-state index contributed by atoms with van der Waals surface area (Å²) in [5, 5.41) is 9.11. The first kappa shape index (κ1) is 17.5. The lowest BCUT2D eigenvalue weighted by Gasteiger charge is -2.30. The molecule has 1 unspecified atom stereocenters. The highest BCUT2D eigenvalue weighted by atomic mass is 16.4. The average molecular weight is 317 g/mol. The van der Waals surface area contributed by atoms with Crippen molar-refractivity contribution >= 4 is 11.9 Å². The zero-order valence-corrected chi connectivity index (χ0v) is 14.2. The van der Waals surface area contributed by atoms with Gasteiger partial charge in [0.25, 0.3) is 0 Å². The Labute approximate surface area is 138 Å². The molecule has 0 aliphatic carbocycles. The number of hydrogen-bond acceptors (Lipinski definition) is 2. The molecule has 4 nitrogen and oxygen atoms in total. The summed E-state index contributed by atoms with van der Waals surface area (Å²) in [4.78, 5) is 25.6. The molecule has 0 saturated carbocycles. The highest BCUT2D eigenvalue weighted by Gasteiger charge is 2.23. The molecule has 1 amide bonds. The van der Waals surface area contributed by atoms with Gasteiger partial charge in [0.2, 0.25) is 5.91 Å². The molecule has 1 aromatic carbocycles. The van der Waals surface area contributed by atoms with Crippen molar-refractivity contribution in [3.63, 3.8) is 0 Å². The third kappa shape index (κ3) is 4.57. The number of carboxylic acid groups (broad SMARTS) is 1. The third-order valence-corrected chi connectivity index (χ3v) is 4.82. The Balaban J connectivity index is 2.01. The molecule has 0 saturated heterocycles. The summed E-state index contributed by atoms with van der Waals surface area (Å²) in [6.07, 6.45) is 5.93. The van der Waals surface area contributed by atoms with Crippen LogP contribution >= 0.6 is 0 Å². The molecule has 1 aromatic rings. The van der Waals surface area contributed by atoms with Crippen LogP contribution in [0.1, 0.15) is 67.4 Å². The van der Waals surface area contributed by atoms with Crippen LogP contribution in [0.15, 0.2) is 18.2 Å². The minimum absolute atomic E-state index is 0.208. The van der Waals surface area contributed by atoms with Crippen LogP contribution in [0.4, 0.5) is 0 Å². The fraction of sp³-hybridized carbons (Fsp3) is 0.579. The zero-order chi connectivity index (χ0) is 16.8. The van der Waals surface area contributed by atoms with Crippen LogP contribution in [-0.4, -0.2) is 28.4 Å². The maximum atomic E-state index is 12.6. The van der Waals surface area contributed by atoms with E-state index in [0.29, 0.717) is 24.4 Å². The summed E-state index contributed by atoms with van der Waals surface area (Å²) in [5.41, 5.74) is 2.44. The maximum Gasteiger partial charge on any atom is 0.335 e. The summed E-state index contributed by atoms with van der Waals surface area (Å²) < 4.78 is 0. The second-order valence-corrected chi connectivity index (χ2v) is 6.47. The minimum Gasteiger partial charge on any atom is -0.478 e. The minimum atomic E-state index is -0.915. The molecule has 1 aliphatic rings. The van der Waals surface area contributed by atoms with Gasteiger partial charge in [-0.2, -0.15) is 0 Å². The Hall–Kier alpha value is -1.84. The van der Waals surface area contributed by atoms with Gasteiger partial charge in [0.05, 0.1) is 5.56 Å². The van der Waals surface area contributed by atoms with E-state index in [4.69, 9.17) is 5.11 Å². The Morgan fingerprint density at radius 1 is 1.26 bits per heavy atom. The van der Waals surface area contributed by atoms with Gasteiger partial charge in [0, 0.05) is 19.5 Å². The Morgan fingerprint density at radius 2 is 2.04 bits per heavy atom. The predicted molar refractivity (Wildman–Crippen MR) is 90.4 cm³/mol. The molecule has 0 bridgehead atoms. The number of amides is 1. The van der Waals surface area contributed by atoms with E-state index in [1.54, 1.807) is 12.1 Å². The van der Waals surface area contributed by atoms with E-state index in [1.165, 1.54) is 12.8 Å². The van der Waals surface area contributed by atoms with Crippen LogP contribution in [-0.2, 0) is 17.8 Å². The average Bonchev–Trinajstić information content (AvgIpc) is 2.57. The van der Waals surface area contributed by atoms with Gasteiger partial charge in [0.15, 0.2) is 0 Å². The number of carboxylic acids is 1. The Bertz CT molecular complexity index is 568. The van der Waals surface area contributed by atoms with Crippen LogP contribution in [0.25, 0.3) is 0 Å². The van der Waals surface area contributed by atoms with Crippen molar-refractivity contribution in [2.45, 2.75) is 58.9 Å². The zero-order valence-electron chi connectivity index (χ0n) is 14.2. The number of benzene rings is 1. The fourth-order valence-electron chi connectivity index (χ4n) is 3.22. The van der Waals surface area contributed by atoms with Crippen molar-refractivity contribution in [1.29, 1.82) is 0 Å². The molecule has 23 heavy (non-hydrogen) atoms. The third-order valence-electron chi connectivity index (χ3n) is 4.82. The molecule has 0 spiro atoms. The SMILES string of the molecule is CCCCC(CC)CC(=O)N1CCc2ccc(C(=O)O)cc2C1. The maximum absolute atomic E-state index is 12.6. The first-order chi connectivity index (χ1) is 11.0. The van der Waals surface area contributed by atoms with Gasteiger partial charge in [0.1, 0.15) is 0 Å². The number of hydrogen-bond donors (Lipinski definition) is 1. The molecule has 1 aliphatic heterocycles. The van der Waals surface area contributed by atoms with Crippen LogP contribution in [0.5, 0.6) is 0 Å². The van der Waals surface area contributed by atoms with Gasteiger partial charge in [-0.05, 0) is 42.0 Å². The predicted octanol–water partition coefficient (Wildman–Crippen LogP) is 3.88. The monoisotopic (exact) mass is 317 g/mol. The lowest BCUT2D eigenvalue weighted by molar-refractivity contribution is -0.133. The molecule has 1 heterocycles. The largest absolute Gasteiger partial charge is 0.478 e. The number of rotatable bonds is 7. The van der Waals surface area contributed by atoms with Crippen LogP contribution < -0.4 is 0 Å². The highest BCUT2D eigenvalue weighted by molar-refractivity contribution is 5.88. The van der Waals surface area contributed by atoms with E-state index in [2.05, 4.69) is 13.8 Å². The van der Waals surface area contributed by atoms with Crippen molar-refractivity contribution in [2.24, 2.45) is 5.92 Å². The van der Waals surface area contributed by atoms with Crippen LogP contribution in [0.2, 0.25) is 0 Å². The number of unbranched alkanes of at least 4 members (excludes halogenated alkanes) is 1. The molecule has 0 radical (unpaired) electrons. The molecule has 4 heteroatoms. The normalized spacial score (nSPS) is 15.1. The van der Waals surface area contributed by atoms with Crippen molar-refractivity contribution in [3.8, 4) is 0 Å². The van der Waals surface area contributed by atoms with E-state index in [9.17, 15) is 9.59 Å². The topological polar surface area (TPSA) is 57.6 Å². The van der Waals surface area contributed by atoms with Gasteiger partial charge >= 0.3 is 5.97 Å². The first-order valence-corrected chi connectivity index (χ1v) is 8.68. The smallest absolute Gasteiger partial charge is 0.335 e. The molecule has 1 N–H and O–H groups in total. The van der Waals surface area contributed by atoms with Gasteiger partial charge in [-0.15, -0.1) is 0 Å². The molecular weight excluding hydrogens is 290 g/mol. The molecule has 0 aromatic heterocycles. The van der Waals surface area contributed by atoms with Gasteiger partial charge < -0.3 is 10.0 Å².